The molecule has 24 heavy (non-hydrogen) atoms. The molecule has 0 saturated carbocycles. The Morgan fingerprint density at radius 2 is 1.54 bits per heavy atom. The van der Waals surface area contributed by atoms with E-state index in [-0.39, 0.29) is 0 Å². The van der Waals surface area contributed by atoms with Crippen molar-refractivity contribution in [1.82, 2.24) is 15.2 Å². The summed E-state index contributed by atoms with van der Waals surface area (Å²) < 4.78 is 0. The minimum atomic E-state index is 0.313. The zero-order chi connectivity index (χ0) is 16.9. The lowest BCUT2D eigenvalue weighted by Crippen LogP contribution is -2.02. The molecule has 1 aromatic heterocycles. The quantitative estimate of drug-likeness (QED) is 0.666. The van der Waals surface area contributed by atoms with E-state index in [0.717, 1.165) is 16.0 Å². The van der Waals surface area contributed by atoms with Gasteiger partial charge < -0.3 is 0 Å². The van der Waals surface area contributed by atoms with Gasteiger partial charge in [-0.05, 0) is 26.0 Å². The molecule has 0 aliphatic heterocycles. The van der Waals surface area contributed by atoms with E-state index in [1.165, 1.54) is 5.56 Å². The maximum Gasteiger partial charge on any atom is 0.170 e. The van der Waals surface area contributed by atoms with Crippen molar-refractivity contribution in [3.8, 4) is 17.3 Å². The third-order valence-electron chi connectivity index (χ3n) is 3.55. The van der Waals surface area contributed by atoms with Gasteiger partial charge in [0.25, 0.3) is 0 Å². The number of aromatic nitrogens is 3. The van der Waals surface area contributed by atoms with Crippen LogP contribution in [0.15, 0.2) is 53.4 Å². The number of nitrogens with zero attached hydrogens (tertiary/aromatic N) is 4. The Hall–Kier alpha value is -2.71. The van der Waals surface area contributed by atoms with Gasteiger partial charge in [-0.3, -0.25) is 0 Å². The van der Waals surface area contributed by atoms with Crippen molar-refractivity contribution in [2.45, 2.75) is 24.5 Å². The Morgan fingerprint density at radius 1 is 0.917 bits per heavy atom. The Labute approximate surface area is 145 Å². The molecule has 4 nitrogen and oxygen atoms in total. The summed E-state index contributed by atoms with van der Waals surface area (Å²) >= 11 is 1.63. The van der Waals surface area contributed by atoms with Gasteiger partial charge in [0.2, 0.25) is 0 Å². The second-order valence-electron chi connectivity index (χ2n) is 5.50. The van der Waals surface area contributed by atoms with E-state index >= 15 is 0 Å². The molecule has 0 atom stereocenters. The number of hydrogen-bond acceptors (Lipinski definition) is 5. The lowest BCUT2D eigenvalue weighted by molar-refractivity contribution is 0.893. The lowest BCUT2D eigenvalue weighted by atomic mass is 10.1. The highest BCUT2D eigenvalue weighted by Gasteiger charge is 2.11. The van der Waals surface area contributed by atoms with Gasteiger partial charge in [0.1, 0.15) is 11.8 Å². The second kappa shape index (κ2) is 7.24. The third kappa shape index (κ3) is 3.79. The molecule has 3 aromatic rings. The summed E-state index contributed by atoms with van der Waals surface area (Å²) in [6.45, 7) is 4.08. The maximum absolute atomic E-state index is 9.39. The molecule has 118 valence electrons. The van der Waals surface area contributed by atoms with E-state index in [0.29, 0.717) is 23.0 Å². The molecule has 0 unspecified atom stereocenters. The summed E-state index contributed by atoms with van der Waals surface area (Å²) in [7, 11) is 0. The maximum atomic E-state index is 9.39. The van der Waals surface area contributed by atoms with Gasteiger partial charge in [-0.15, -0.1) is 22.0 Å². The van der Waals surface area contributed by atoms with Crippen molar-refractivity contribution in [3.05, 3.63) is 71.2 Å². The topological polar surface area (TPSA) is 62.5 Å². The van der Waals surface area contributed by atoms with Gasteiger partial charge in [0, 0.05) is 10.5 Å². The minimum absolute atomic E-state index is 0.313. The summed E-state index contributed by atoms with van der Waals surface area (Å²) in [6, 6.07) is 18.3. The Balaban J connectivity index is 1.80. The number of aryl methyl sites for hydroxylation is 2. The van der Waals surface area contributed by atoms with Crippen LogP contribution in [0, 0.1) is 25.2 Å². The summed E-state index contributed by atoms with van der Waals surface area (Å²) in [6.07, 6.45) is 0. The predicted octanol–water partition coefficient (Wildman–Crippen LogP) is 4.32. The van der Waals surface area contributed by atoms with Crippen LogP contribution in [-0.4, -0.2) is 15.2 Å². The molecule has 0 N–H and O–H groups in total. The Morgan fingerprint density at radius 3 is 2.17 bits per heavy atom. The summed E-state index contributed by atoms with van der Waals surface area (Å²) in [4.78, 5) is 5.51. The van der Waals surface area contributed by atoms with Crippen LogP contribution < -0.4 is 0 Å². The van der Waals surface area contributed by atoms with E-state index < -0.39 is 0 Å². The highest BCUT2D eigenvalue weighted by molar-refractivity contribution is 7.98. The number of thioether (sulfide) groups is 1. The standard InChI is InChI=1S/C19H16N4S/c1-13-3-7-15(8-4-13)19-17(11-20)21-18(22-23-19)12-24-16-9-5-14(2)6-10-16/h3-10H,12H2,1-2H3. The van der Waals surface area contributed by atoms with Crippen LogP contribution in [0.1, 0.15) is 22.6 Å². The highest BCUT2D eigenvalue weighted by atomic mass is 32.2. The van der Waals surface area contributed by atoms with Crippen molar-refractivity contribution >= 4 is 11.8 Å². The van der Waals surface area contributed by atoms with E-state index in [4.69, 9.17) is 0 Å². The molecule has 0 radical (unpaired) electrons. The summed E-state index contributed by atoms with van der Waals surface area (Å²) in [5.74, 6) is 1.15. The monoisotopic (exact) mass is 332 g/mol. The van der Waals surface area contributed by atoms with E-state index in [9.17, 15) is 5.26 Å². The van der Waals surface area contributed by atoms with Crippen LogP contribution in [0.25, 0.3) is 11.3 Å². The molecule has 0 aliphatic carbocycles. The van der Waals surface area contributed by atoms with Gasteiger partial charge in [-0.1, -0.05) is 47.5 Å². The average molecular weight is 332 g/mol. The molecule has 3 rings (SSSR count). The van der Waals surface area contributed by atoms with Gasteiger partial charge in [-0.2, -0.15) is 5.26 Å². The number of rotatable bonds is 4. The molecular formula is C19H16N4S. The highest BCUT2D eigenvalue weighted by Crippen LogP contribution is 2.23. The molecule has 0 bridgehead atoms. The van der Waals surface area contributed by atoms with Crippen LogP contribution in [0.4, 0.5) is 0 Å². The van der Waals surface area contributed by atoms with E-state index in [1.807, 2.05) is 31.2 Å². The van der Waals surface area contributed by atoms with E-state index in [2.05, 4.69) is 52.4 Å². The van der Waals surface area contributed by atoms with Crippen LogP contribution in [0.3, 0.4) is 0 Å². The van der Waals surface area contributed by atoms with Gasteiger partial charge in [-0.25, -0.2) is 4.98 Å². The number of nitriles is 1. The largest absolute Gasteiger partial charge is 0.217 e. The summed E-state index contributed by atoms with van der Waals surface area (Å²) in [5, 5.41) is 17.8. The predicted molar refractivity (Wildman–Crippen MR) is 95.5 cm³/mol. The van der Waals surface area contributed by atoms with Crippen molar-refractivity contribution in [2.75, 3.05) is 0 Å². The van der Waals surface area contributed by atoms with Gasteiger partial charge >= 0.3 is 0 Å². The average Bonchev–Trinajstić information content (AvgIpc) is 2.62. The molecule has 2 aromatic carbocycles. The van der Waals surface area contributed by atoms with Gasteiger partial charge in [0.05, 0.1) is 5.75 Å². The minimum Gasteiger partial charge on any atom is -0.217 e. The van der Waals surface area contributed by atoms with E-state index in [1.54, 1.807) is 11.8 Å². The molecular weight excluding hydrogens is 316 g/mol. The second-order valence-corrected chi connectivity index (χ2v) is 6.55. The SMILES string of the molecule is Cc1ccc(SCc2nnc(-c3ccc(C)cc3)c(C#N)n2)cc1. The first-order valence-corrected chi connectivity index (χ1v) is 8.54. The first kappa shape index (κ1) is 16.2. The van der Waals surface area contributed by atoms with Crippen LogP contribution in [-0.2, 0) is 5.75 Å². The molecule has 0 aliphatic rings. The fourth-order valence-corrected chi connectivity index (χ4v) is 2.93. The molecule has 0 spiro atoms. The zero-order valence-electron chi connectivity index (χ0n) is 13.5. The fraction of sp³-hybridized carbons (Fsp3) is 0.158. The third-order valence-corrected chi connectivity index (χ3v) is 4.56. The summed E-state index contributed by atoms with van der Waals surface area (Å²) in [5.41, 5.74) is 4.08. The fourth-order valence-electron chi connectivity index (χ4n) is 2.19. The van der Waals surface area contributed by atoms with Crippen LogP contribution >= 0.6 is 11.8 Å². The molecule has 0 saturated heterocycles. The molecule has 1 heterocycles. The number of hydrogen-bond donors (Lipinski definition) is 0. The van der Waals surface area contributed by atoms with Crippen LogP contribution in [0.5, 0.6) is 0 Å². The lowest BCUT2D eigenvalue weighted by Gasteiger charge is -2.05. The van der Waals surface area contributed by atoms with Crippen molar-refractivity contribution in [2.24, 2.45) is 0 Å². The number of benzene rings is 2. The van der Waals surface area contributed by atoms with Gasteiger partial charge in [0.15, 0.2) is 11.5 Å². The van der Waals surface area contributed by atoms with Crippen molar-refractivity contribution in [3.63, 3.8) is 0 Å². The molecule has 0 amide bonds. The molecule has 0 fully saturated rings. The Kier molecular flexibility index (Phi) is 4.88. The first-order chi connectivity index (χ1) is 11.7. The van der Waals surface area contributed by atoms with Crippen molar-refractivity contribution in [1.29, 1.82) is 5.26 Å². The Bertz CT molecular complexity index is 881. The van der Waals surface area contributed by atoms with Crippen LogP contribution in [0.2, 0.25) is 0 Å². The first-order valence-electron chi connectivity index (χ1n) is 7.56. The smallest absolute Gasteiger partial charge is 0.170 e. The normalized spacial score (nSPS) is 10.4. The zero-order valence-corrected chi connectivity index (χ0v) is 14.3. The molecule has 5 heteroatoms. The van der Waals surface area contributed by atoms with Crippen molar-refractivity contribution < 1.29 is 0 Å².